The maximum absolute atomic E-state index is 14.1. The molecule has 1 aliphatic carbocycles. The number of fused-ring (bicyclic) bond motifs is 5. The highest BCUT2D eigenvalue weighted by Gasteiger charge is 2.40. The minimum atomic E-state index is -0.589. The molecule has 2 N–H and O–H groups in total. The number of aromatic nitrogens is 4. The number of anilines is 1. The van der Waals surface area contributed by atoms with Crippen LogP contribution in [0, 0.1) is 17.1 Å². The Morgan fingerprint density at radius 1 is 1.26 bits per heavy atom. The molecule has 2 aliphatic rings. The Kier molecular flexibility index (Phi) is 6.42. The molecule has 3 aromatic rings. The Bertz CT molecular complexity index is 1240. The van der Waals surface area contributed by atoms with Crippen LogP contribution in [0.3, 0.4) is 0 Å². The Morgan fingerprint density at radius 2 is 2.03 bits per heavy atom. The number of halogens is 1. The van der Waals surface area contributed by atoms with Gasteiger partial charge in [-0.25, -0.2) is 14.4 Å². The first-order valence-electron chi connectivity index (χ1n) is 11.6. The summed E-state index contributed by atoms with van der Waals surface area (Å²) in [5.74, 6) is 0.424. The van der Waals surface area contributed by atoms with E-state index < -0.39 is 6.10 Å². The maximum Gasteiger partial charge on any atom is 0.258 e. The summed E-state index contributed by atoms with van der Waals surface area (Å²) in [4.78, 5) is 8.81. The molecule has 5 rings (SSSR count). The Labute approximate surface area is 198 Å². The van der Waals surface area contributed by atoms with Gasteiger partial charge in [-0.2, -0.15) is 10.4 Å². The van der Waals surface area contributed by atoms with Crippen molar-refractivity contribution in [2.24, 2.45) is 7.05 Å². The number of aryl methyl sites for hydroxylation is 2. The van der Waals surface area contributed by atoms with Crippen molar-refractivity contribution in [3.63, 3.8) is 0 Å². The average Bonchev–Trinajstić information content (AvgIpc) is 3.13. The van der Waals surface area contributed by atoms with Crippen LogP contribution in [0.25, 0.3) is 11.3 Å². The third kappa shape index (κ3) is 4.16. The minimum Gasteiger partial charge on any atom is -0.487 e. The van der Waals surface area contributed by atoms with Crippen LogP contribution in [-0.2, 0) is 13.5 Å². The van der Waals surface area contributed by atoms with Crippen molar-refractivity contribution < 1.29 is 13.9 Å². The number of hydrogen-bond donors (Lipinski definition) is 1. The largest absolute Gasteiger partial charge is 0.487 e. The van der Waals surface area contributed by atoms with Gasteiger partial charge in [-0.1, -0.05) is 13.8 Å². The first-order chi connectivity index (χ1) is 16.4. The van der Waals surface area contributed by atoms with E-state index in [1.54, 1.807) is 24.7 Å². The van der Waals surface area contributed by atoms with Gasteiger partial charge in [0.2, 0.25) is 0 Å². The Balaban J connectivity index is 0.00000133. The summed E-state index contributed by atoms with van der Waals surface area (Å²) in [6.07, 6.45) is 5.09. The van der Waals surface area contributed by atoms with Crippen molar-refractivity contribution in [3.8, 4) is 29.0 Å². The topological polar surface area (TPSA) is 112 Å². The highest BCUT2D eigenvalue weighted by molar-refractivity contribution is 5.69. The molecular weight excluding hydrogens is 435 g/mol. The van der Waals surface area contributed by atoms with Crippen LogP contribution in [0.1, 0.15) is 69.5 Å². The number of nitrogens with zero attached hydrogens (tertiary/aromatic N) is 5. The van der Waals surface area contributed by atoms with Gasteiger partial charge < -0.3 is 15.2 Å². The van der Waals surface area contributed by atoms with Gasteiger partial charge in [0.25, 0.3) is 5.88 Å². The molecule has 2 aromatic heterocycles. The zero-order valence-electron chi connectivity index (χ0n) is 19.9. The molecule has 1 atom stereocenters. The minimum absolute atomic E-state index is 0.105. The molecule has 2 bridgehead atoms. The molecule has 1 spiro atoms. The maximum atomic E-state index is 14.1. The number of nitrogens with two attached hydrogens (primary N) is 1. The quantitative estimate of drug-likeness (QED) is 0.504. The third-order valence-electron chi connectivity index (χ3n) is 6.36. The van der Waals surface area contributed by atoms with Gasteiger partial charge in [0.1, 0.15) is 35.0 Å². The second-order valence-electron chi connectivity index (χ2n) is 8.43. The fourth-order valence-electron chi connectivity index (χ4n) is 4.46. The summed E-state index contributed by atoms with van der Waals surface area (Å²) in [5, 5.41) is 14.3. The van der Waals surface area contributed by atoms with Gasteiger partial charge >= 0.3 is 0 Å². The summed E-state index contributed by atoms with van der Waals surface area (Å²) >= 11 is 0. The molecule has 1 fully saturated rings. The van der Waals surface area contributed by atoms with E-state index in [4.69, 9.17) is 15.2 Å². The molecule has 1 aromatic carbocycles. The molecule has 8 nitrogen and oxygen atoms in total. The van der Waals surface area contributed by atoms with E-state index in [9.17, 15) is 9.65 Å². The van der Waals surface area contributed by atoms with E-state index in [0.29, 0.717) is 41.1 Å². The van der Waals surface area contributed by atoms with Crippen LogP contribution in [0.15, 0.2) is 24.4 Å². The standard InChI is InChI=1S/C23H23FN6O2.C2H6/c1-13-15-10-14(24)4-5-19(15)32-23(7-3-8-23)9-6-16-20(18(11-25)30(2)29-16)17-12-27-21(26)22(28-17)31-13;1-2/h4-5,10,12-13H,3,6-9H2,1-2H3,(H2,26,27);1-2H3. The molecule has 0 radical (unpaired) electrons. The van der Waals surface area contributed by atoms with Gasteiger partial charge in [-0.15, -0.1) is 0 Å². The zero-order valence-corrected chi connectivity index (χ0v) is 19.9. The monoisotopic (exact) mass is 464 g/mol. The lowest BCUT2D eigenvalue weighted by Gasteiger charge is -2.42. The molecule has 9 heteroatoms. The van der Waals surface area contributed by atoms with Crippen molar-refractivity contribution >= 4 is 5.82 Å². The number of hydrogen-bond acceptors (Lipinski definition) is 7. The van der Waals surface area contributed by atoms with Crippen LogP contribution in [0.5, 0.6) is 11.6 Å². The van der Waals surface area contributed by atoms with Crippen molar-refractivity contribution in [1.29, 1.82) is 5.26 Å². The summed E-state index contributed by atoms with van der Waals surface area (Å²) in [6.45, 7) is 5.79. The third-order valence-corrected chi connectivity index (χ3v) is 6.36. The fraction of sp³-hybridized carbons (Fsp3) is 0.440. The van der Waals surface area contributed by atoms with E-state index in [2.05, 4.69) is 21.1 Å². The fourth-order valence-corrected chi connectivity index (χ4v) is 4.46. The van der Waals surface area contributed by atoms with Gasteiger partial charge in [-0.3, -0.25) is 4.68 Å². The molecular formula is C25H29FN6O2. The molecule has 178 valence electrons. The molecule has 1 unspecified atom stereocenters. The second kappa shape index (κ2) is 9.29. The van der Waals surface area contributed by atoms with E-state index >= 15 is 0 Å². The van der Waals surface area contributed by atoms with Crippen molar-refractivity contribution in [2.45, 2.75) is 64.6 Å². The predicted molar refractivity (Wildman–Crippen MR) is 126 cm³/mol. The first-order valence-corrected chi connectivity index (χ1v) is 11.6. The Morgan fingerprint density at radius 3 is 2.71 bits per heavy atom. The van der Waals surface area contributed by atoms with E-state index in [1.165, 1.54) is 18.3 Å². The molecule has 1 saturated carbocycles. The predicted octanol–water partition coefficient (Wildman–Crippen LogP) is 4.88. The summed E-state index contributed by atoms with van der Waals surface area (Å²) < 4.78 is 28.2. The van der Waals surface area contributed by atoms with Gasteiger partial charge in [-0.05, 0) is 57.2 Å². The number of ether oxygens (including phenoxy) is 2. The van der Waals surface area contributed by atoms with E-state index in [-0.39, 0.29) is 23.1 Å². The van der Waals surface area contributed by atoms with E-state index in [1.807, 2.05) is 13.8 Å². The van der Waals surface area contributed by atoms with Crippen LogP contribution in [-0.4, -0.2) is 25.3 Å². The highest BCUT2D eigenvalue weighted by atomic mass is 19.1. The van der Waals surface area contributed by atoms with Gasteiger partial charge in [0.15, 0.2) is 5.82 Å². The molecule has 3 heterocycles. The van der Waals surface area contributed by atoms with E-state index in [0.717, 1.165) is 25.0 Å². The average molecular weight is 465 g/mol. The lowest BCUT2D eigenvalue weighted by Crippen LogP contribution is -2.44. The molecule has 34 heavy (non-hydrogen) atoms. The normalized spacial score (nSPS) is 18.1. The van der Waals surface area contributed by atoms with Gasteiger partial charge in [0, 0.05) is 12.6 Å². The zero-order chi connectivity index (χ0) is 24.5. The van der Waals surface area contributed by atoms with Crippen molar-refractivity contribution in [3.05, 3.63) is 47.2 Å². The molecule has 0 saturated heterocycles. The highest BCUT2D eigenvalue weighted by Crippen LogP contribution is 2.43. The molecule has 1 aliphatic heterocycles. The SMILES string of the molecule is CC.CC1Oc2nc(cnc2N)-c2c(nn(C)c2C#N)CCC2(CCC2)Oc2ccc(F)cc21. The Hall–Kier alpha value is -3.67. The summed E-state index contributed by atoms with van der Waals surface area (Å²) in [5.41, 5.74) is 8.47. The van der Waals surface area contributed by atoms with Crippen LogP contribution in [0.2, 0.25) is 0 Å². The lowest BCUT2D eigenvalue weighted by atomic mass is 9.76. The summed E-state index contributed by atoms with van der Waals surface area (Å²) in [7, 11) is 1.74. The number of rotatable bonds is 0. The van der Waals surface area contributed by atoms with Crippen LogP contribution >= 0.6 is 0 Å². The summed E-state index contributed by atoms with van der Waals surface area (Å²) in [6, 6.07) is 6.68. The second-order valence-corrected chi connectivity index (χ2v) is 8.43. The van der Waals surface area contributed by atoms with Crippen LogP contribution in [0.4, 0.5) is 10.2 Å². The number of nitrogen functional groups attached to an aromatic ring is 1. The smallest absolute Gasteiger partial charge is 0.258 e. The number of benzene rings is 1. The lowest BCUT2D eigenvalue weighted by molar-refractivity contribution is -0.0166. The van der Waals surface area contributed by atoms with Gasteiger partial charge in [0.05, 0.1) is 23.1 Å². The van der Waals surface area contributed by atoms with Crippen molar-refractivity contribution in [2.75, 3.05) is 5.73 Å². The first kappa shape index (κ1) is 23.5. The molecule has 0 amide bonds. The van der Waals surface area contributed by atoms with Crippen LogP contribution < -0.4 is 15.2 Å². The number of nitriles is 1. The van der Waals surface area contributed by atoms with Crippen molar-refractivity contribution in [1.82, 2.24) is 19.7 Å².